The molecule has 0 unspecified atom stereocenters. The number of amides is 2. The van der Waals surface area contributed by atoms with Crippen LogP contribution in [0.4, 0.5) is 0 Å². The first-order chi connectivity index (χ1) is 17.7. The number of carbonyl (C=O) groups is 2. The summed E-state index contributed by atoms with van der Waals surface area (Å²) in [5.74, 6) is -0.0479. The molecule has 0 aliphatic carbocycles. The Kier molecular flexibility index (Phi) is 32.8. The predicted octanol–water partition coefficient (Wildman–Crippen LogP) is 10.7. The topological polar surface area (TPSA) is 40.6 Å². The molecule has 2 amide bonds. The zero-order chi connectivity index (χ0) is 25.3. The van der Waals surface area contributed by atoms with Crippen LogP contribution in [0.15, 0.2) is 56.7 Å². The minimum absolute atomic E-state index is 0. The molecule has 0 atom stereocenters. The van der Waals surface area contributed by atoms with E-state index in [4.69, 9.17) is 0 Å². The molecular weight excluding hydrogens is 794 g/mol. The van der Waals surface area contributed by atoms with Gasteiger partial charge in [-0.05, 0) is 37.1 Å². The van der Waals surface area contributed by atoms with Crippen LogP contribution in [0.3, 0.4) is 0 Å². The standard InChI is InChI=1S/C30H38N2O2S2.6CH4.2Sn/c1-3-5-7-9-11-13-19-31-27(23-17-15-21-35-23)25-26(29(31)33)28(24-18-16-22-36-24)32(30(25)34)20-14-12-10-8-6-4-2;;;;;;;;/h15-18H,3-14,19-20H2,1-2H3;6*1H4;;. The van der Waals surface area contributed by atoms with Gasteiger partial charge in [-0.2, -0.15) is 0 Å². The number of carbonyl (C=O) groups excluding carboxylic acids is 2. The van der Waals surface area contributed by atoms with Crippen molar-refractivity contribution in [2.45, 2.75) is 135 Å². The molecular formula is C36H62N2O2S2Sn2. The van der Waals surface area contributed by atoms with Crippen molar-refractivity contribution in [2.24, 2.45) is 0 Å². The average Bonchev–Trinajstić information content (AvgIpc) is 3.67. The normalized spacial score (nSPS) is 18.0. The summed E-state index contributed by atoms with van der Waals surface area (Å²) in [6.07, 6.45) is 21.7. The van der Waals surface area contributed by atoms with Crippen molar-refractivity contribution in [3.8, 4) is 10.4 Å². The van der Waals surface area contributed by atoms with Crippen LogP contribution in [0, 0.1) is 10.4 Å². The van der Waals surface area contributed by atoms with Crippen LogP contribution in [0.2, 0.25) is 0 Å². The van der Waals surface area contributed by atoms with Crippen LogP contribution in [0.5, 0.6) is 0 Å². The number of nitrogens with zero attached hydrogens (tertiary/aromatic N) is 2. The minimum Gasteiger partial charge on any atom is -0.306 e. The predicted molar refractivity (Wildman–Crippen MR) is 204 cm³/mol. The summed E-state index contributed by atoms with van der Waals surface area (Å²) >= 11 is 2.97. The summed E-state index contributed by atoms with van der Waals surface area (Å²) in [7, 11) is 0. The van der Waals surface area contributed by atoms with E-state index < -0.39 is 0 Å². The smallest absolute Gasteiger partial charge is 0.261 e. The van der Waals surface area contributed by atoms with E-state index in [0.717, 1.165) is 46.9 Å². The van der Waals surface area contributed by atoms with E-state index in [1.807, 2.05) is 34.1 Å². The van der Waals surface area contributed by atoms with E-state index in [2.05, 4.69) is 24.2 Å². The van der Waals surface area contributed by atoms with Gasteiger partial charge in [0.2, 0.25) is 0 Å². The van der Waals surface area contributed by atoms with Crippen molar-refractivity contribution in [1.29, 1.82) is 0 Å². The molecule has 0 bridgehead atoms. The maximum absolute atomic E-state index is 13.9. The Morgan fingerprint density at radius 2 is 0.864 bits per heavy atom. The van der Waals surface area contributed by atoms with Crippen molar-refractivity contribution in [3.63, 3.8) is 0 Å². The van der Waals surface area contributed by atoms with Gasteiger partial charge in [0, 0.05) is 60.9 Å². The van der Waals surface area contributed by atoms with Crippen LogP contribution < -0.4 is 0 Å². The van der Waals surface area contributed by atoms with Crippen molar-refractivity contribution >= 4 is 82.0 Å². The van der Waals surface area contributed by atoms with Crippen molar-refractivity contribution in [2.75, 3.05) is 13.1 Å². The Balaban J connectivity index is -0.000000634. The second-order valence-corrected chi connectivity index (χ2v) is 11.5. The summed E-state index contributed by atoms with van der Waals surface area (Å²) in [5, 5.41) is 6.32. The molecule has 0 aromatic heterocycles. The first kappa shape index (κ1) is 52.8. The molecule has 4 rings (SSSR count). The fraction of sp³-hybridized carbons (Fsp3) is 0.611. The van der Waals surface area contributed by atoms with Crippen molar-refractivity contribution in [1.82, 2.24) is 9.80 Å². The second kappa shape index (κ2) is 27.4. The Bertz CT molecular complexity index is 1100. The second-order valence-electron chi connectivity index (χ2n) is 9.73. The molecule has 0 fully saturated rings. The molecule has 44 heavy (non-hydrogen) atoms. The molecule has 4 aliphatic rings. The molecule has 0 saturated heterocycles. The van der Waals surface area contributed by atoms with Gasteiger partial charge in [-0.1, -0.05) is 155 Å². The summed E-state index contributed by atoms with van der Waals surface area (Å²) in [6.45, 7) is 5.75. The van der Waals surface area contributed by atoms with Gasteiger partial charge in [0.25, 0.3) is 11.8 Å². The van der Waals surface area contributed by atoms with E-state index in [1.165, 1.54) is 73.7 Å². The maximum Gasteiger partial charge on any atom is 0.261 e. The SMILES string of the molecule is C.C.C.C.C.C.CCCCCCCCN1C(=O)C2=C(C(=O)N(CCCCCCCC)C2=C2C=CC#S2)C1=C1C=CC#S1.[Sn].[Sn]. The quantitative estimate of drug-likeness (QED) is 0.129. The Labute approximate surface area is 314 Å². The monoisotopic (exact) mass is 858 g/mol. The number of rotatable bonds is 14. The van der Waals surface area contributed by atoms with E-state index >= 15 is 0 Å². The molecule has 4 nitrogen and oxygen atoms in total. The fourth-order valence-corrected chi connectivity index (χ4v) is 6.59. The van der Waals surface area contributed by atoms with Gasteiger partial charge in [-0.15, -0.1) is 0 Å². The third kappa shape index (κ3) is 12.4. The molecule has 0 aromatic carbocycles. The van der Waals surface area contributed by atoms with Crippen LogP contribution in [0.25, 0.3) is 0 Å². The van der Waals surface area contributed by atoms with Crippen LogP contribution in [-0.4, -0.2) is 82.5 Å². The first-order valence-corrected chi connectivity index (χ1v) is 15.4. The van der Waals surface area contributed by atoms with Gasteiger partial charge in [0.05, 0.1) is 32.4 Å². The maximum atomic E-state index is 13.9. The summed E-state index contributed by atoms with van der Waals surface area (Å²) in [6, 6.07) is 0. The molecule has 0 saturated carbocycles. The minimum atomic E-state index is -0.0239. The zero-order valence-corrected chi connectivity index (χ0v) is 30.1. The van der Waals surface area contributed by atoms with E-state index in [0.29, 0.717) is 24.2 Å². The molecule has 0 N–H and O–H groups in total. The number of unbranched alkanes of at least 4 members (excludes halogenated alkanes) is 10. The summed E-state index contributed by atoms with van der Waals surface area (Å²) < 4.78 is 0. The first-order valence-electron chi connectivity index (χ1n) is 13.7. The van der Waals surface area contributed by atoms with E-state index in [1.54, 1.807) is 0 Å². The van der Waals surface area contributed by atoms with Crippen molar-refractivity contribution < 1.29 is 9.59 Å². The summed E-state index contributed by atoms with van der Waals surface area (Å²) in [4.78, 5) is 33.5. The number of allylic oxidation sites excluding steroid dienone is 4. The molecule has 8 radical (unpaired) electrons. The third-order valence-electron chi connectivity index (χ3n) is 7.06. The molecule has 248 valence electrons. The Morgan fingerprint density at radius 1 is 0.545 bits per heavy atom. The third-order valence-corrected chi connectivity index (χ3v) is 8.67. The average molecular weight is 856 g/mol. The zero-order valence-electron chi connectivity index (χ0n) is 22.7. The molecule has 8 heteroatoms. The van der Waals surface area contributed by atoms with Gasteiger partial charge in [0.1, 0.15) is 0 Å². The largest absolute Gasteiger partial charge is 0.306 e. The Hall–Kier alpha value is -0.763. The van der Waals surface area contributed by atoms with Crippen LogP contribution in [-0.2, 0) is 9.59 Å². The van der Waals surface area contributed by atoms with E-state index in [-0.39, 0.29) is 104 Å². The molecule has 4 aliphatic heterocycles. The fourth-order valence-electron chi connectivity index (χ4n) is 5.17. The van der Waals surface area contributed by atoms with Crippen LogP contribution in [0.1, 0.15) is 135 Å². The van der Waals surface area contributed by atoms with Gasteiger partial charge < -0.3 is 9.80 Å². The van der Waals surface area contributed by atoms with Crippen LogP contribution >= 0.6 is 22.3 Å². The molecule has 0 spiro atoms. The Morgan fingerprint density at radius 3 is 1.16 bits per heavy atom. The van der Waals surface area contributed by atoms with Gasteiger partial charge in [0.15, 0.2) is 0 Å². The molecule has 0 aromatic rings. The number of hydrogen-bond donors (Lipinski definition) is 0. The summed E-state index contributed by atoms with van der Waals surface area (Å²) in [5.41, 5.74) is 2.78. The van der Waals surface area contributed by atoms with Crippen molar-refractivity contribution in [3.05, 3.63) is 56.7 Å². The van der Waals surface area contributed by atoms with E-state index in [9.17, 15) is 9.59 Å². The van der Waals surface area contributed by atoms with Gasteiger partial charge >= 0.3 is 0 Å². The number of hydrogen-bond acceptors (Lipinski definition) is 2. The molecule has 4 heterocycles. The van der Waals surface area contributed by atoms with Gasteiger partial charge in [-0.25, -0.2) is 0 Å². The van der Waals surface area contributed by atoms with Gasteiger partial charge in [-0.3, -0.25) is 9.59 Å².